The molecule has 0 aliphatic rings. The summed E-state index contributed by atoms with van der Waals surface area (Å²) in [5.41, 5.74) is 0. The average molecular weight is 546 g/mol. The average Bonchev–Trinajstić information content (AvgIpc) is 2.86. The molecule has 0 saturated heterocycles. The van der Waals surface area contributed by atoms with Gasteiger partial charge in [-0.25, -0.2) is 8.78 Å². The van der Waals surface area contributed by atoms with Crippen LogP contribution in [0.5, 0.6) is 0 Å². The number of benzene rings is 3. The molecule has 0 N–H and O–H groups in total. The molecule has 1 unspecified atom stereocenters. The van der Waals surface area contributed by atoms with Crippen LogP contribution in [0.3, 0.4) is 0 Å². The van der Waals surface area contributed by atoms with E-state index in [-0.39, 0.29) is 22.3 Å². The van der Waals surface area contributed by atoms with Gasteiger partial charge in [-0.1, -0.05) is 45.4 Å². The number of ether oxygens (including phenoxy) is 1. The fraction of sp³-hybridized carbons (Fsp3) is 0.345. The monoisotopic (exact) mass is 545 g/mol. The molecule has 0 heterocycles. The molecule has 1 atom stereocenters. The summed E-state index contributed by atoms with van der Waals surface area (Å²) in [5, 5.41) is 0. The quantitative estimate of drug-likeness (QED) is 0.0700. The van der Waals surface area contributed by atoms with E-state index in [1.807, 2.05) is 30.3 Å². The Labute approximate surface area is 226 Å². The fourth-order valence-corrected chi connectivity index (χ4v) is 6.64. The van der Waals surface area contributed by atoms with Gasteiger partial charge >= 0.3 is 0 Å². The number of hydrogen-bond acceptors (Lipinski definition) is 5. The van der Waals surface area contributed by atoms with E-state index in [1.54, 1.807) is 47.8 Å². The Balaban J connectivity index is 1.85. The van der Waals surface area contributed by atoms with E-state index in [9.17, 15) is 8.78 Å². The van der Waals surface area contributed by atoms with Crippen molar-refractivity contribution in [1.82, 2.24) is 0 Å². The standard InChI is InChI=1S/C29H33F2NOS3/c1-4-8-24(19-21(2)3)33-28(32-36-27-9-6-5-7-10-27)20-29(34-25-15-11-22(30)12-16-25)35-26-17-13-23(31)14-18-26/h5-7,9-18,21,24,29H,4,8,19-20H2,1-3H3/b32-28-. The molecule has 0 aromatic heterocycles. The molecule has 0 aliphatic carbocycles. The van der Waals surface area contributed by atoms with Gasteiger partial charge in [-0.15, -0.1) is 23.5 Å². The van der Waals surface area contributed by atoms with Crippen LogP contribution in [0.1, 0.15) is 46.5 Å². The lowest BCUT2D eigenvalue weighted by Gasteiger charge is -2.24. The van der Waals surface area contributed by atoms with Gasteiger partial charge in [0.25, 0.3) is 0 Å². The summed E-state index contributed by atoms with van der Waals surface area (Å²) in [6, 6.07) is 23.1. The molecule has 0 aliphatic heterocycles. The van der Waals surface area contributed by atoms with Crippen LogP contribution in [0.15, 0.2) is 97.9 Å². The Morgan fingerprint density at radius 3 is 1.86 bits per heavy atom. The SMILES string of the molecule is CCCC(CC(C)C)O/C(CC(Sc1ccc(F)cc1)Sc1ccc(F)cc1)=N\Sc1ccccc1. The van der Waals surface area contributed by atoms with Crippen LogP contribution in [-0.4, -0.2) is 16.6 Å². The minimum absolute atomic E-state index is 0.00243. The van der Waals surface area contributed by atoms with Gasteiger partial charge in [-0.2, -0.15) is 4.40 Å². The van der Waals surface area contributed by atoms with Gasteiger partial charge in [0.2, 0.25) is 0 Å². The molecule has 0 spiro atoms. The third-order valence-electron chi connectivity index (χ3n) is 5.15. The summed E-state index contributed by atoms with van der Waals surface area (Å²) in [6.45, 7) is 6.59. The van der Waals surface area contributed by atoms with Crippen molar-refractivity contribution in [1.29, 1.82) is 0 Å². The Hall–Kier alpha value is -1.96. The first-order valence-corrected chi connectivity index (χ1v) is 14.7. The molecule has 3 aromatic carbocycles. The van der Waals surface area contributed by atoms with E-state index in [2.05, 4.69) is 20.8 Å². The number of thioether (sulfide) groups is 2. The molecule has 0 fully saturated rings. The maximum absolute atomic E-state index is 13.5. The topological polar surface area (TPSA) is 21.6 Å². The van der Waals surface area contributed by atoms with E-state index in [0.29, 0.717) is 18.2 Å². The van der Waals surface area contributed by atoms with Crippen molar-refractivity contribution in [2.24, 2.45) is 10.3 Å². The molecule has 0 amide bonds. The normalized spacial score (nSPS) is 12.8. The zero-order chi connectivity index (χ0) is 25.8. The van der Waals surface area contributed by atoms with Crippen molar-refractivity contribution in [2.75, 3.05) is 0 Å². The summed E-state index contributed by atoms with van der Waals surface area (Å²) < 4.78 is 38.4. The van der Waals surface area contributed by atoms with E-state index >= 15 is 0 Å². The lowest BCUT2D eigenvalue weighted by Crippen LogP contribution is -2.22. The zero-order valence-electron chi connectivity index (χ0n) is 20.9. The third-order valence-corrected chi connectivity index (χ3v) is 8.45. The number of hydrogen-bond donors (Lipinski definition) is 0. The van der Waals surface area contributed by atoms with Crippen LogP contribution in [0.4, 0.5) is 8.78 Å². The molecule has 2 nitrogen and oxygen atoms in total. The lowest BCUT2D eigenvalue weighted by atomic mass is 10.0. The lowest BCUT2D eigenvalue weighted by molar-refractivity contribution is 0.148. The van der Waals surface area contributed by atoms with Gasteiger partial charge in [0, 0.05) is 33.1 Å². The highest BCUT2D eigenvalue weighted by Gasteiger charge is 2.21. The van der Waals surface area contributed by atoms with E-state index in [0.717, 1.165) is 33.9 Å². The van der Waals surface area contributed by atoms with Gasteiger partial charge in [0.05, 0.1) is 4.58 Å². The minimum atomic E-state index is -0.261. The van der Waals surface area contributed by atoms with Crippen molar-refractivity contribution in [3.63, 3.8) is 0 Å². The zero-order valence-corrected chi connectivity index (χ0v) is 23.4. The second kappa shape index (κ2) is 15.3. The second-order valence-electron chi connectivity index (χ2n) is 8.82. The Morgan fingerprint density at radius 2 is 1.36 bits per heavy atom. The number of halogens is 2. The first-order valence-electron chi connectivity index (χ1n) is 12.2. The molecule has 192 valence electrons. The van der Waals surface area contributed by atoms with E-state index in [4.69, 9.17) is 9.13 Å². The van der Waals surface area contributed by atoms with Crippen molar-refractivity contribution >= 4 is 41.4 Å². The summed E-state index contributed by atoms with van der Waals surface area (Å²) in [6.07, 6.45) is 3.63. The molecule has 7 heteroatoms. The highest BCUT2D eigenvalue weighted by Crippen LogP contribution is 2.39. The highest BCUT2D eigenvalue weighted by atomic mass is 32.2. The van der Waals surface area contributed by atoms with Crippen molar-refractivity contribution in [2.45, 2.75) is 71.8 Å². The third kappa shape index (κ3) is 10.6. The van der Waals surface area contributed by atoms with E-state index in [1.165, 1.54) is 36.2 Å². The molecular weight excluding hydrogens is 513 g/mol. The smallest absolute Gasteiger partial charge is 0.197 e. The van der Waals surface area contributed by atoms with Gasteiger partial charge in [0.15, 0.2) is 5.90 Å². The minimum Gasteiger partial charge on any atom is -0.477 e. The van der Waals surface area contributed by atoms with Crippen molar-refractivity contribution < 1.29 is 13.5 Å². The second-order valence-corrected chi connectivity index (χ2v) is 12.5. The fourth-order valence-electron chi connectivity index (χ4n) is 3.54. The van der Waals surface area contributed by atoms with Crippen molar-refractivity contribution in [3.05, 3.63) is 90.5 Å². The van der Waals surface area contributed by atoms with Gasteiger partial charge in [-0.3, -0.25) is 0 Å². The number of nitrogens with zero attached hydrogens (tertiary/aromatic N) is 1. The summed E-state index contributed by atoms with van der Waals surface area (Å²) >= 11 is 4.68. The predicted molar refractivity (Wildman–Crippen MR) is 152 cm³/mol. The number of rotatable bonds is 13. The Kier molecular flexibility index (Phi) is 12.2. The molecule has 0 radical (unpaired) electrons. The predicted octanol–water partition coefficient (Wildman–Crippen LogP) is 9.90. The van der Waals surface area contributed by atoms with Crippen LogP contribution >= 0.6 is 35.5 Å². The maximum atomic E-state index is 13.5. The summed E-state index contributed by atoms with van der Waals surface area (Å²) in [5.74, 6) is 0.686. The Morgan fingerprint density at radius 1 is 0.806 bits per heavy atom. The molecular formula is C29H33F2NOS3. The molecule has 3 rings (SSSR count). The van der Waals surface area contributed by atoms with Gasteiger partial charge in [0.1, 0.15) is 17.7 Å². The van der Waals surface area contributed by atoms with Crippen LogP contribution in [0.2, 0.25) is 0 Å². The first kappa shape index (κ1) is 28.6. The van der Waals surface area contributed by atoms with Crippen LogP contribution in [0.25, 0.3) is 0 Å². The van der Waals surface area contributed by atoms with Crippen LogP contribution in [0, 0.1) is 17.6 Å². The maximum Gasteiger partial charge on any atom is 0.197 e. The molecule has 3 aromatic rings. The largest absolute Gasteiger partial charge is 0.477 e. The Bertz CT molecular complexity index is 1010. The summed E-state index contributed by atoms with van der Waals surface area (Å²) in [7, 11) is 0. The highest BCUT2D eigenvalue weighted by molar-refractivity contribution is 8.17. The van der Waals surface area contributed by atoms with Gasteiger partial charge in [-0.05, 0) is 79.4 Å². The van der Waals surface area contributed by atoms with Crippen LogP contribution < -0.4 is 0 Å². The summed E-state index contributed by atoms with van der Waals surface area (Å²) in [4.78, 5) is 2.96. The first-order chi connectivity index (χ1) is 17.4. The molecule has 36 heavy (non-hydrogen) atoms. The van der Waals surface area contributed by atoms with E-state index < -0.39 is 0 Å². The van der Waals surface area contributed by atoms with Crippen LogP contribution in [-0.2, 0) is 4.74 Å². The van der Waals surface area contributed by atoms with Crippen molar-refractivity contribution in [3.8, 4) is 0 Å². The van der Waals surface area contributed by atoms with Gasteiger partial charge < -0.3 is 4.74 Å². The molecule has 0 saturated carbocycles. The molecule has 0 bridgehead atoms.